The third-order valence-electron chi connectivity index (χ3n) is 2.29. The Balaban J connectivity index is 2.42. The van der Waals surface area contributed by atoms with E-state index in [-0.39, 0.29) is 11.4 Å². The minimum absolute atomic E-state index is 0.0323. The van der Waals surface area contributed by atoms with Crippen LogP contribution < -0.4 is 0 Å². The molecule has 0 aliphatic rings. The van der Waals surface area contributed by atoms with Crippen LogP contribution >= 0.6 is 0 Å². The van der Waals surface area contributed by atoms with Crippen molar-refractivity contribution in [3.05, 3.63) is 35.4 Å². The number of hydrogen-bond donors (Lipinski definition) is 1. The van der Waals surface area contributed by atoms with Crippen molar-refractivity contribution in [2.24, 2.45) is 0 Å². The molecule has 17 heavy (non-hydrogen) atoms. The molecule has 90 valence electrons. The molecule has 0 amide bonds. The molecule has 3 nitrogen and oxygen atoms in total. The largest absolute Gasteiger partial charge is 0.263 e. The zero-order valence-electron chi connectivity index (χ0n) is 9.10. The summed E-state index contributed by atoms with van der Waals surface area (Å²) in [5, 5.41) is 6.39. The van der Waals surface area contributed by atoms with E-state index in [0.717, 1.165) is 18.6 Å². The summed E-state index contributed by atoms with van der Waals surface area (Å²) in [6, 6.07) is 1.97. The lowest BCUT2D eigenvalue weighted by atomic mass is 10.2. The molecule has 0 unspecified atom stereocenters. The van der Waals surface area contributed by atoms with Gasteiger partial charge in [-0.1, -0.05) is 6.92 Å². The Bertz CT molecular complexity index is 537. The summed E-state index contributed by atoms with van der Waals surface area (Å²) < 4.78 is 39.2. The summed E-state index contributed by atoms with van der Waals surface area (Å²) in [7, 11) is 0. The third kappa shape index (κ3) is 2.15. The van der Waals surface area contributed by atoms with Crippen LogP contribution in [0.2, 0.25) is 0 Å². The molecule has 2 rings (SSSR count). The predicted octanol–water partition coefficient (Wildman–Crippen LogP) is 2.84. The minimum Gasteiger partial charge on any atom is -0.263 e. The van der Waals surface area contributed by atoms with Crippen molar-refractivity contribution in [3.63, 3.8) is 0 Å². The second-order valence-electron chi connectivity index (χ2n) is 3.58. The molecule has 1 aromatic carbocycles. The van der Waals surface area contributed by atoms with Crippen LogP contribution in [0.3, 0.4) is 0 Å². The van der Waals surface area contributed by atoms with Crippen LogP contribution in [0.1, 0.15) is 19.2 Å². The van der Waals surface area contributed by atoms with E-state index in [0.29, 0.717) is 12.2 Å². The van der Waals surface area contributed by atoms with Crippen molar-refractivity contribution in [3.8, 4) is 11.4 Å². The summed E-state index contributed by atoms with van der Waals surface area (Å²) >= 11 is 0. The van der Waals surface area contributed by atoms with Gasteiger partial charge in [-0.3, -0.25) is 5.10 Å². The van der Waals surface area contributed by atoms with Gasteiger partial charge < -0.3 is 0 Å². The smallest absolute Gasteiger partial charge is 0.195 e. The van der Waals surface area contributed by atoms with Crippen LogP contribution in [0.15, 0.2) is 12.1 Å². The van der Waals surface area contributed by atoms with Crippen molar-refractivity contribution >= 4 is 0 Å². The average molecular weight is 241 g/mol. The Kier molecular flexibility index (Phi) is 3.12. The maximum absolute atomic E-state index is 13.4. The standard InChI is InChI=1S/C11H10F3N3/c1-2-3-8-15-11(17-16-8)6-4-5-7(12)10(14)9(6)13/h4-5H,2-3H2,1H3,(H,15,16,17). The fraction of sp³-hybridized carbons (Fsp3) is 0.273. The molecule has 0 saturated heterocycles. The van der Waals surface area contributed by atoms with Crippen LogP contribution in [-0.2, 0) is 6.42 Å². The second kappa shape index (κ2) is 4.57. The second-order valence-corrected chi connectivity index (χ2v) is 3.58. The molecule has 0 bridgehead atoms. The van der Waals surface area contributed by atoms with Gasteiger partial charge in [0.25, 0.3) is 0 Å². The lowest BCUT2D eigenvalue weighted by Crippen LogP contribution is -1.95. The Labute approximate surface area is 95.7 Å². The van der Waals surface area contributed by atoms with Crippen molar-refractivity contribution in [2.75, 3.05) is 0 Å². The number of nitrogens with zero attached hydrogens (tertiary/aromatic N) is 2. The van der Waals surface area contributed by atoms with Crippen molar-refractivity contribution in [1.82, 2.24) is 15.2 Å². The van der Waals surface area contributed by atoms with Gasteiger partial charge in [-0.15, -0.1) is 0 Å². The molecule has 1 aromatic heterocycles. The highest BCUT2D eigenvalue weighted by Crippen LogP contribution is 2.23. The van der Waals surface area contributed by atoms with Gasteiger partial charge in [-0.25, -0.2) is 18.2 Å². The number of halogens is 3. The van der Waals surface area contributed by atoms with Gasteiger partial charge in [0.2, 0.25) is 0 Å². The number of benzene rings is 1. The van der Waals surface area contributed by atoms with E-state index in [9.17, 15) is 13.2 Å². The Hall–Kier alpha value is -1.85. The van der Waals surface area contributed by atoms with Crippen LogP contribution in [0.4, 0.5) is 13.2 Å². The Morgan fingerprint density at radius 1 is 1.18 bits per heavy atom. The highest BCUT2D eigenvalue weighted by Gasteiger charge is 2.17. The van der Waals surface area contributed by atoms with Gasteiger partial charge in [0.15, 0.2) is 23.3 Å². The molecular weight excluding hydrogens is 231 g/mol. The molecule has 1 N–H and O–H groups in total. The van der Waals surface area contributed by atoms with Crippen molar-refractivity contribution < 1.29 is 13.2 Å². The molecule has 0 fully saturated rings. The number of H-pyrrole nitrogens is 1. The number of hydrogen-bond acceptors (Lipinski definition) is 2. The van der Waals surface area contributed by atoms with Gasteiger partial charge in [0.1, 0.15) is 5.82 Å². The summed E-state index contributed by atoms with van der Waals surface area (Å²) in [6.45, 7) is 1.96. The third-order valence-corrected chi connectivity index (χ3v) is 2.29. The van der Waals surface area contributed by atoms with E-state index in [4.69, 9.17) is 0 Å². The number of aromatic amines is 1. The highest BCUT2D eigenvalue weighted by molar-refractivity contribution is 5.55. The molecular formula is C11H10F3N3. The first-order valence-corrected chi connectivity index (χ1v) is 5.18. The first-order valence-electron chi connectivity index (χ1n) is 5.18. The number of nitrogens with one attached hydrogen (secondary N) is 1. The zero-order chi connectivity index (χ0) is 12.4. The maximum atomic E-state index is 13.4. The number of aryl methyl sites for hydroxylation is 1. The SMILES string of the molecule is CCCc1nc(-c2ccc(F)c(F)c2F)n[nH]1. The topological polar surface area (TPSA) is 41.6 Å². The van der Waals surface area contributed by atoms with E-state index >= 15 is 0 Å². The van der Waals surface area contributed by atoms with Crippen LogP contribution in [0, 0.1) is 17.5 Å². The van der Waals surface area contributed by atoms with Crippen LogP contribution in [0.5, 0.6) is 0 Å². The molecule has 0 aliphatic heterocycles. The van der Waals surface area contributed by atoms with Crippen molar-refractivity contribution in [1.29, 1.82) is 0 Å². The normalized spacial score (nSPS) is 10.8. The minimum atomic E-state index is -1.51. The first kappa shape index (κ1) is 11.6. The van der Waals surface area contributed by atoms with Gasteiger partial charge in [-0.05, 0) is 18.6 Å². The van der Waals surface area contributed by atoms with Crippen molar-refractivity contribution in [2.45, 2.75) is 19.8 Å². The Morgan fingerprint density at radius 2 is 1.94 bits per heavy atom. The summed E-state index contributed by atoms with van der Waals surface area (Å²) in [5.41, 5.74) is -0.150. The van der Waals surface area contributed by atoms with E-state index in [1.54, 1.807) is 0 Å². The van der Waals surface area contributed by atoms with E-state index in [1.807, 2.05) is 6.92 Å². The molecule has 2 aromatic rings. The molecule has 0 spiro atoms. The Morgan fingerprint density at radius 3 is 2.65 bits per heavy atom. The monoisotopic (exact) mass is 241 g/mol. The fourth-order valence-electron chi connectivity index (χ4n) is 1.46. The molecule has 6 heteroatoms. The zero-order valence-corrected chi connectivity index (χ0v) is 9.10. The first-order chi connectivity index (χ1) is 8.13. The summed E-state index contributed by atoms with van der Waals surface area (Å²) in [4.78, 5) is 4.01. The lowest BCUT2D eigenvalue weighted by molar-refractivity contribution is 0.448. The molecule has 0 saturated carbocycles. The predicted molar refractivity (Wildman–Crippen MR) is 55.7 cm³/mol. The van der Waals surface area contributed by atoms with Crippen LogP contribution in [-0.4, -0.2) is 15.2 Å². The maximum Gasteiger partial charge on any atom is 0.195 e. The number of rotatable bonds is 3. The highest BCUT2D eigenvalue weighted by atomic mass is 19.2. The molecule has 0 radical (unpaired) electrons. The fourth-order valence-corrected chi connectivity index (χ4v) is 1.46. The van der Waals surface area contributed by atoms with E-state index in [1.165, 1.54) is 0 Å². The molecule has 1 heterocycles. The van der Waals surface area contributed by atoms with Crippen LogP contribution in [0.25, 0.3) is 11.4 Å². The summed E-state index contributed by atoms with van der Waals surface area (Å²) in [6.07, 6.45) is 1.52. The van der Waals surface area contributed by atoms with Gasteiger partial charge in [-0.2, -0.15) is 5.10 Å². The average Bonchev–Trinajstić information content (AvgIpc) is 2.75. The quantitative estimate of drug-likeness (QED) is 0.839. The lowest BCUT2D eigenvalue weighted by Gasteiger charge is -1.99. The summed E-state index contributed by atoms with van der Waals surface area (Å²) in [5.74, 6) is -3.39. The number of aromatic nitrogens is 3. The van der Waals surface area contributed by atoms with Gasteiger partial charge in [0.05, 0.1) is 5.56 Å². The molecule has 0 aliphatic carbocycles. The molecule has 0 atom stereocenters. The van der Waals surface area contributed by atoms with E-state index in [2.05, 4.69) is 15.2 Å². The van der Waals surface area contributed by atoms with E-state index < -0.39 is 17.5 Å². The van der Waals surface area contributed by atoms with Gasteiger partial charge >= 0.3 is 0 Å². The van der Waals surface area contributed by atoms with Gasteiger partial charge in [0, 0.05) is 6.42 Å².